The van der Waals surface area contributed by atoms with E-state index in [0.717, 1.165) is 17.2 Å². The van der Waals surface area contributed by atoms with Gasteiger partial charge in [0.25, 0.3) is 0 Å². The SMILES string of the molecule is COc1cc(C)c(S(=O)(=O)N2CCN(c3cc(-n4cccc4)nc(C)n3)CC2)cc1C. The van der Waals surface area contributed by atoms with E-state index >= 15 is 0 Å². The van der Waals surface area contributed by atoms with Crippen molar-refractivity contribution in [3.63, 3.8) is 0 Å². The maximum absolute atomic E-state index is 13.3. The minimum Gasteiger partial charge on any atom is -0.496 e. The Hall–Kier alpha value is -2.91. The van der Waals surface area contributed by atoms with Gasteiger partial charge >= 0.3 is 0 Å². The van der Waals surface area contributed by atoms with Crippen LogP contribution < -0.4 is 9.64 Å². The zero-order chi connectivity index (χ0) is 22.2. The lowest BCUT2D eigenvalue weighted by atomic mass is 10.1. The third-order valence-electron chi connectivity index (χ3n) is 5.55. The number of rotatable bonds is 5. The van der Waals surface area contributed by atoms with Gasteiger partial charge in [-0.15, -0.1) is 0 Å². The minimum atomic E-state index is -3.58. The molecule has 0 bridgehead atoms. The van der Waals surface area contributed by atoms with Crippen LogP contribution in [0.5, 0.6) is 5.75 Å². The molecule has 0 atom stereocenters. The van der Waals surface area contributed by atoms with Crippen LogP contribution in [0, 0.1) is 20.8 Å². The van der Waals surface area contributed by atoms with Crippen molar-refractivity contribution < 1.29 is 13.2 Å². The lowest BCUT2D eigenvalue weighted by Gasteiger charge is -2.35. The average molecular weight is 442 g/mol. The van der Waals surface area contributed by atoms with Gasteiger partial charge in [0.2, 0.25) is 10.0 Å². The monoisotopic (exact) mass is 441 g/mol. The van der Waals surface area contributed by atoms with Crippen molar-refractivity contribution in [3.8, 4) is 11.6 Å². The predicted octanol–water partition coefficient (Wildman–Crippen LogP) is 2.71. The Morgan fingerprint density at radius 3 is 2.16 bits per heavy atom. The van der Waals surface area contributed by atoms with Crippen molar-refractivity contribution in [2.24, 2.45) is 0 Å². The number of piperazine rings is 1. The summed E-state index contributed by atoms with van der Waals surface area (Å²) in [5.74, 6) is 2.98. The summed E-state index contributed by atoms with van der Waals surface area (Å²) in [5, 5.41) is 0. The van der Waals surface area contributed by atoms with E-state index in [4.69, 9.17) is 4.74 Å². The maximum Gasteiger partial charge on any atom is 0.243 e. The molecule has 1 fully saturated rings. The number of hydrogen-bond acceptors (Lipinski definition) is 6. The first-order valence-electron chi connectivity index (χ1n) is 10.2. The number of sulfonamides is 1. The van der Waals surface area contributed by atoms with Gasteiger partial charge in [0.15, 0.2) is 0 Å². The zero-order valence-corrected chi connectivity index (χ0v) is 19.1. The Morgan fingerprint density at radius 1 is 0.871 bits per heavy atom. The van der Waals surface area contributed by atoms with Crippen LogP contribution in [0.15, 0.2) is 47.6 Å². The molecule has 1 aromatic carbocycles. The van der Waals surface area contributed by atoms with Crippen LogP contribution in [0.4, 0.5) is 5.82 Å². The largest absolute Gasteiger partial charge is 0.496 e. The molecule has 1 aliphatic heterocycles. The van der Waals surface area contributed by atoms with Crippen molar-refractivity contribution in [2.45, 2.75) is 25.7 Å². The number of anilines is 1. The zero-order valence-electron chi connectivity index (χ0n) is 18.2. The van der Waals surface area contributed by atoms with E-state index in [9.17, 15) is 8.42 Å². The first-order chi connectivity index (χ1) is 14.8. The molecule has 0 saturated carbocycles. The second kappa shape index (κ2) is 8.32. The average Bonchev–Trinajstić information content (AvgIpc) is 3.29. The predicted molar refractivity (Wildman–Crippen MR) is 120 cm³/mol. The van der Waals surface area contributed by atoms with Crippen molar-refractivity contribution in [1.29, 1.82) is 0 Å². The molecular formula is C22H27N5O3S. The molecule has 0 amide bonds. The van der Waals surface area contributed by atoms with Gasteiger partial charge in [0.05, 0.1) is 12.0 Å². The van der Waals surface area contributed by atoms with Crippen molar-refractivity contribution in [3.05, 3.63) is 59.7 Å². The standard InChI is InChI=1S/C22H27N5O3S/c1-16-14-20(17(2)13-19(16)30-4)31(28,29)27-11-9-26(10-12-27)22-15-21(23-18(3)24-22)25-7-5-6-8-25/h5-8,13-15H,9-12H2,1-4H3. The molecule has 0 radical (unpaired) electrons. The van der Waals surface area contributed by atoms with Gasteiger partial charge < -0.3 is 14.2 Å². The number of ether oxygens (including phenoxy) is 1. The quantitative estimate of drug-likeness (QED) is 0.606. The summed E-state index contributed by atoms with van der Waals surface area (Å²) < 4.78 is 35.4. The van der Waals surface area contributed by atoms with Crippen LogP contribution in [0.1, 0.15) is 17.0 Å². The summed E-state index contributed by atoms with van der Waals surface area (Å²) in [6.07, 6.45) is 3.88. The molecule has 3 heterocycles. The van der Waals surface area contributed by atoms with Gasteiger partial charge in [-0.05, 0) is 56.2 Å². The van der Waals surface area contributed by atoms with Crippen LogP contribution in [-0.2, 0) is 10.0 Å². The molecule has 9 heteroatoms. The van der Waals surface area contributed by atoms with Gasteiger partial charge in [-0.1, -0.05) is 0 Å². The van der Waals surface area contributed by atoms with E-state index in [1.165, 1.54) is 0 Å². The van der Waals surface area contributed by atoms with Crippen LogP contribution in [-0.4, -0.2) is 60.5 Å². The van der Waals surface area contributed by atoms with Gasteiger partial charge in [0, 0.05) is 44.6 Å². The van der Waals surface area contributed by atoms with Crippen LogP contribution >= 0.6 is 0 Å². The Labute approximate surface area is 183 Å². The Morgan fingerprint density at radius 2 is 1.52 bits per heavy atom. The summed E-state index contributed by atoms with van der Waals surface area (Å²) in [6.45, 7) is 7.45. The second-order valence-electron chi connectivity index (χ2n) is 7.70. The molecule has 0 aliphatic carbocycles. The van der Waals surface area contributed by atoms with E-state index in [0.29, 0.717) is 48.2 Å². The maximum atomic E-state index is 13.3. The molecule has 1 aliphatic rings. The minimum absolute atomic E-state index is 0.340. The van der Waals surface area contributed by atoms with Gasteiger partial charge in [-0.3, -0.25) is 0 Å². The van der Waals surface area contributed by atoms with Gasteiger partial charge in [-0.2, -0.15) is 4.31 Å². The highest BCUT2D eigenvalue weighted by molar-refractivity contribution is 7.89. The lowest BCUT2D eigenvalue weighted by Crippen LogP contribution is -2.49. The summed E-state index contributed by atoms with van der Waals surface area (Å²) in [4.78, 5) is 11.5. The summed E-state index contributed by atoms with van der Waals surface area (Å²) >= 11 is 0. The third-order valence-corrected chi connectivity index (χ3v) is 7.59. The normalized spacial score (nSPS) is 15.3. The molecule has 0 spiro atoms. The molecule has 8 nitrogen and oxygen atoms in total. The number of nitrogens with zero attached hydrogens (tertiary/aromatic N) is 5. The van der Waals surface area contributed by atoms with E-state index in [1.54, 1.807) is 30.5 Å². The Balaban J connectivity index is 1.53. The second-order valence-corrected chi connectivity index (χ2v) is 9.61. The molecule has 2 aromatic heterocycles. The highest BCUT2D eigenvalue weighted by atomic mass is 32.2. The number of methoxy groups -OCH3 is 1. The number of hydrogen-bond donors (Lipinski definition) is 0. The van der Waals surface area contributed by atoms with E-state index in [2.05, 4.69) is 14.9 Å². The Bertz CT molecular complexity index is 1180. The summed E-state index contributed by atoms with van der Waals surface area (Å²) in [7, 11) is -1.99. The number of benzene rings is 1. The molecule has 0 unspecified atom stereocenters. The van der Waals surface area contributed by atoms with Crippen molar-refractivity contribution in [2.75, 3.05) is 38.2 Å². The van der Waals surface area contributed by atoms with Gasteiger partial charge in [0.1, 0.15) is 23.2 Å². The third kappa shape index (κ3) is 4.15. The van der Waals surface area contributed by atoms with E-state index < -0.39 is 10.0 Å². The highest BCUT2D eigenvalue weighted by Gasteiger charge is 2.30. The molecule has 3 aromatic rings. The lowest BCUT2D eigenvalue weighted by molar-refractivity contribution is 0.383. The molecule has 164 valence electrons. The van der Waals surface area contributed by atoms with Crippen LogP contribution in [0.2, 0.25) is 0 Å². The summed E-state index contributed by atoms with van der Waals surface area (Å²) in [5.41, 5.74) is 1.49. The Kier molecular flexibility index (Phi) is 5.72. The fraction of sp³-hybridized carbons (Fsp3) is 0.364. The van der Waals surface area contributed by atoms with E-state index in [-0.39, 0.29) is 0 Å². The molecule has 1 saturated heterocycles. The van der Waals surface area contributed by atoms with E-state index in [1.807, 2.05) is 49.0 Å². The van der Waals surface area contributed by atoms with Crippen molar-refractivity contribution >= 4 is 15.8 Å². The fourth-order valence-corrected chi connectivity index (χ4v) is 5.59. The molecular weight excluding hydrogens is 414 g/mol. The number of aryl methyl sites for hydroxylation is 3. The first-order valence-corrected chi connectivity index (χ1v) is 11.6. The molecule has 0 N–H and O–H groups in total. The fourth-order valence-electron chi connectivity index (χ4n) is 3.88. The molecule has 31 heavy (non-hydrogen) atoms. The van der Waals surface area contributed by atoms with Crippen LogP contribution in [0.25, 0.3) is 5.82 Å². The first kappa shape index (κ1) is 21.3. The highest BCUT2D eigenvalue weighted by Crippen LogP contribution is 2.28. The number of aromatic nitrogens is 3. The summed E-state index contributed by atoms with van der Waals surface area (Å²) in [6, 6.07) is 9.32. The molecule has 4 rings (SSSR count). The van der Waals surface area contributed by atoms with Crippen molar-refractivity contribution in [1.82, 2.24) is 18.8 Å². The topological polar surface area (TPSA) is 80.6 Å². The smallest absolute Gasteiger partial charge is 0.243 e. The van der Waals surface area contributed by atoms with Gasteiger partial charge in [-0.25, -0.2) is 18.4 Å². The van der Waals surface area contributed by atoms with Crippen LogP contribution in [0.3, 0.4) is 0 Å².